The Morgan fingerprint density at radius 1 is 1.19 bits per heavy atom. The van der Waals surface area contributed by atoms with E-state index >= 15 is 0 Å². The first-order valence-corrected chi connectivity index (χ1v) is 5.64. The fourth-order valence-corrected chi connectivity index (χ4v) is 2.34. The number of rotatable bonds is 1. The summed E-state index contributed by atoms with van der Waals surface area (Å²) in [7, 11) is 2.05. The highest BCUT2D eigenvalue weighted by Crippen LogP contribution is 2.28. The zero-order chi connectivity index (χ0) is 11.0. The quantitative estimate of drug-likeness (QED) is 0.735. The van der Waals surface area contributed by atoms with Crippen LogP contribution in [0.1, 0.15) is 6.42 Å². The predicted octanol–water partition coefficient (Wildman–Crippen LogP) is 1.06. The van der Waals surface area contributed by atoms with Crippen LogP contribution in [0.25, 0.3) is 0 Å². The lowest BCUT2D eigenvalue weighted by Crippen LogP contribution is -2.40. The molecule has 4 nitrogen and oxygen atoms in total. The Labute approximate surface area is 95.5 Å². The topological polar surface area (TPSA) is 30.5 Å². The van der Waals surface area contributed by atoms with E-state index in [1.54, 1.807) is 0 Å². The highest BCUT2D eigenvalue weighted by atomic mass is 15.8. The lowest BCUT2D eigenvalue weighted by atomic mass is 10.1. The van der Waals surface area contributed by atoms with Crippen LogP contribution in [0.4, 0.5) is 5.69 Å². The van der Waals surface area contributed by atoms with Gasteiger partial charge in [0.2, 0.25) is 0 Å². The summed E-state index contributed by atoms with van der Waals surface area (Å²) in [5.41, 5.74) is 7.26. The molecular formula is C12H16N4. The second-order valence-corrected chi connectivity index (χ2v) is 4.13. The van der Waals surface area contributed by atoms with Gasteiger partial charge >= 0.3 is 0 Å². The van der Waals surface area contributed by atoms with Crippen molar-refractivity contribution in [1.29, 1.82) is 0 Å². The molecule has 2 aliphatic rings. The third-order valence-corrected chi connectivity index (χ3v) is 3.04. The monoisotopic (exact) mass is 216 g/mol. The number of hydrogen-bond acceptors (Lipinski definition) is 4. The molecule has 0 aromatic heterocycles. The second kappa shape index (κ2) is 3.81. The van der Waals surface area contributed by atoms with Gasteiger partial charge in [-0.25, -0.2) is 0 Å². The number of nitrogens with zero attached hydrogens (tertiary/aromatic N) is 2. The summed E-state index contributed by atoms with van der Waals surface area (Å²) in [6.45, 7) is 1.99. The summed E-state index contributed by atoms with van der Waals surface area (Å²) < 4.78 is 0. The highest BCUT2D eigenvalue weighted by molar-refractivity contribution is 5.53. The largest absolute Gasteiger partial charge is 0.311 e. The molecule has 2 aliphatic heterocycles. The molecule has 0 fully saturated rings. The molecule has 0 amide bonds. The number of hydrogen-bond donors (Lipinski definition) is 2. The number of anilines is 1. The maximum Gasteiger partial charge on any atom is 0.0631 e. The van der Waals surface area contributed by atoms with Crippen molar-refractivity contribution < 1.29 is 0 Å². The minimum Gasteiger partial charge on any atom is -0.311 e. The van der Waals surface area contributed by atoms with Gasteiger partial charge in [0.1, 0.15) is 0 Å². The molecule has 0 radical (unpaired) electrons. The van der Waals surface area contributed by atoms with Crippen LogP contribution in [-0.2, 0) is 0 Å². The maximum atomic E-state index is 3.38. The molecule has 2 N–H and O–H groups in total. The highest BCUT2D eigenvalue weighted by Gasteiger charge is 2.29. The average molecular weight is 216 g/mol. The number of para-hydroxylation sites is 1. The Hall–Kier alpha value is -1.52. The van der Waals surface area contributed by atoms with Crippen molar-refractivity contribution >= 4 is 5.69 Å². The van der Waals surface area contributed by atoms with Gasteiger partial charge < -0.3 is 10.7 Å². The predicted molar refractivity (Wildman–Crippen MR) is 64.3 cm³/mol. The van der Waals surface area contributed by atoms with Gasteiger partial charge in [-0.3, -0.25) is 5.01 Å². The number of benzene rings is 1. The molecule has 0 spiro atoms. The smallest absolute Gasteiger partial charge is 0.0631 e. The molecule has 3 rings (SSSR count). The molecule has 1 aromatic carbocycles. The van der Waals surface area contributed by atoms with Gasteiger partial charge in [-0.05, 0) is 12.1 Å². The molecule has 0 bridgehead atoms. The van der Waals surface area contributed by atoms with Crippen molar-refractivity contribution in [2.24, 2.45) is 0 Å². The van der Waals surface area contributed by atoms with Crippen LogP contribution in [0.5, 0.6) is 0 Å². The Morgan fingerprint density at radius 2 is 2.00 bits per heavy atom. The lowest BCUT2D eigenvalue weighted by Gasteiger charge is -2.28. The summed E-state index contributed by atoms with van der Waals surface area (Å²) in [4.78, 5) is 0. The van der Waals surface area contributed by atoms with E-state index in [2.05, 4.69) is 40.0 Å². The molecule has 2 heterocycles. The number of hydrazine groups is 2. The average Bonchev–Trinajstić information content (AvgIpc) is 2.66. The van der Waals surface area contributed by atoms with Crippen molar-refractivity contribution in [2.45, 2.75) is 6.42 Å². The van der Waals surface area contributed by atoms with E-state index in [1.165, 1.54) is 17.1 Å². The van der Waals surface area contributed by atoms with Crippen LogP contribution in [0.3, 0.4) is 0 Å². The molecule has 0 aliphatic carbocycles. The molecular weight excluding hydrogens is 200 g/mol. The molecule has 84 valence electrons. The van der Waals surface area contributed by atoms with E-state index in [0.29, 0.717) is 0 Å². The van der Waals surface area contributed by atoms with E-state index in [-0.39, 0.29) is 0 Å². The lowest BCUT2D eigenvalue weighted by molar-refractivity contribution is 0.289. The van der Waals surface area contributed by atoms with Crippen molar-refractivity contribution in [3.63, 3.8) is 0 Å². The van der Waals surface area contributed by atoms with Crippen LogP contribution in [0.15, 0.2) is 41.7 Å². The van der Waals surface area contributed by atoms with Gasteiger partial charge in [0, 0.05) is 26.6 Å². The first-order chi connectivity index (χ1) is 7.86. The molecule has 0 unspecified atom stereocenters. The van der Waals surface area contributed by atoms with Gasteiger partial charge in [0.05, 0.1) is 17.1 Å². The summed E-state index contributed by atoms with van der Waals surface area (Å²) in [6, 6.07) is 10.5. The van der Waals surface area contributed by atoms with Gasteiger partial charge in [0.25, 0.3) is 0 Å². The van der Waals surface area contributed by atoms with Crippen LogP contribution in [0.2, 0.25) is 0 Å². The molecule has 0 saturated carbocycles. The Balaban J connectivity index is 1.97. The standard InChI is InChI=1S/C12H16N4/c1-15-14-11-9-13-8-7-12(11)16(15)10-5-3-2-4-6-10/h2-6,13-14H,7-9H2,1H3. The molecule has 0 atom stereocenters. The fourth-order valence-electron chi connectivity index (χ4n) is 2.34. The first kappa shape index (κ1) is 9.69. The third-order valence-electron chi connectivity index (χ3n) is 3.04. The zero-order valence-electron chi connectivity index (χ0n) is 9.40. The molecule has 16 heavy (non-hydrogen) atoms. The SMILES string of the molecule is CN1NC2=C(CCNC2)N1c1ccccc1. The van der Waals surface area contributed by atoms with Gasteiger partial charge in [0.15, 0.2) is 0 Å². The van der Waals surface area contributed by atoms with Crippen molar-refractivity contribution in [3.8, 4) is 0 Å². The van der Waals surface area contributed by atoms with E-state index < -0.39 is 0 Å². The van der Waals surface area contributed by atoms with Gasteiger partial charge in [-0.15, -0.1) is 5.12 Å². The summed E-state index contributed by atoms with van der Waals surface area (Å²) in [6.07, 6.45) is 1.07. The Bertz CT molecular complexity index is 412. The van der Waals surface area contributed by atoms with Gasteiger partial charge in [-0.1, -0.05) is 18.2 Å². The normalized spacial score (nSPS) is 20.9. The minimum absolute atomic E-state index is 0.934. The van der Waals surface area contributed by atoms with Crippen molar-refractivity contribution in [3.05, 3.63) is 41.7 Å². The summed E-state index contributed by atoms with van der Waals surface area (Å²) >= 11 is 0. The fraction of sp³-hybridized carbons (Fsp3) is 0.333. The first-order valence-electron chi connectivity index (χ1n) is 5.64. The Morgan fingerprint density at radius 3 is 2.81 bits per heavy atom. The van der Waals surface area contributed by atoms with Gasteiger partial charge in [-0.2, -0.15) is 0 Å². The Kier molecular flexibility index (Phi) is 2.31. The minimum atomic E-state index is 0.934. The third kappa shape index (κ3) is 1.47. The molecule has 0 saturated heterocycles. The van der Waals surface area contributed by atoms with Crippen LogP contribution in [-0.4, -0.2) is 25.3 Å². The van der Waals surface area contributed by atoms with E-state index in [9.17, 15) is 0 Å². The van der Waals surface area contributed by atoms with Crippen molar-refractivity contribution in [1.82, 2.24) is 15.9 Å². The number of nitrogens with one attached hydrogen (secondary N) is 2. The molecule has 4 heteroatoms. The summed E-state index contributed by atoms with van der Waals surface area (Å²) in [5, 5.41) is 7.67. The van der Waals surface area contributed by atoms with E-state index in [0.717, 1.165) is 19.5 Å². The maximum absolute atomic E-state index is 3.38. The van der Waals surface area contributed by atoms with Crippen molar-refractivity contribution in [2.75, 3.05) is 25.1 Å². The molecule has 1 aromatic rings. The van der Waals surface area contributed by atoms with Crippen LogP contribution < -0.4 is 15.8 Å². The zero-order valence-corrected chi connectivity index (χ0v) is 9.40. The van der Waals surface area contributed by atoms with Crippen LogP contribution in [0, 0.1) is 0 Å². The second-order valence-electron chi connectivity index (χ2n) is 4.13. The summed E-state index contributed by atoms with van der Waals surface area (Å²) in [5.74, 6) is 0. The van der Waals surface area contributed by atoms with E-state index in [1.807, 2.05) is 18.2 Å². The van der Waals surface area contributed by atoms with Crippen LogP contribution >= 0.6 is 0 Å². The van der Waals surface area contributed by atoms with E-state index in [4.69, 9.17) is 0 Å².